The zero-order valence-electron chi connectivity index (χ0n) is 18.3. The van der Waals surface area contributed by atoms with Gasteiger partial charge >= 0.3 is 0 Å². The number of hydrogen-bond donors (Lipinski definition) is 1. The highest BCUT2D eigenvalue weighted by Crippen LogP contribution is 2.30. The van der Waals surface area contributed by atoms with Crippen LogP contribution in [0.25, 0.3) is 0 Å². The fourth-order valence-electron chi connectivity index (χ4n) is 4.08. The lowest BCUT2D eigenvalue weighted by Gasteiger charge is -2.22. The third-order valence-corrected chi connectivity index (χ3v) is 5.96. The Morgan fingerprint density at radius 2 is 1.68 bits per heavy atom. The van der Waals surface area contributed by atoms with Gasteiger partial charge in [0.25, 0.3) is 0 Å². The van der Waals surface area contributed by atoms with Crippen molar-refractivity contribution in [1.82, 2.24) is 0 Å². The molecule has 0 radical (unpaired) electrons. The van der Waals surface area contributed by atoms with Gasteiger partial charge in [-0.05, 0) is 61.3 Å². The first kappa shape index (κ1) is 21.0. The van der Waals surface area contributed by atoms with Gasteiger partial charge in [0.05, 0.1) is 6.54 Å². The molecule has 3 heteroatoms. The Balaban J connectivity index is 1.60. The predicted molar refractivity (Wildman–Crippen MR) is 132 cm³/mol. The molecule has 0 aromatic heterocycles. The molecule has 3 nitrogen and oxygen atoms in total. The van der Waals surface area contributed by atoms with Crippen LogP contribution >= 0.6 is 0 Å². The summed E-state index contributed by atoms with van der Waals surface area (Å²) in [4.78, 5) is 9.82. The van der Waals surface area contributed by atoms with E-state index in [2.05, 4.69) is 85.9 Å². The maximum absolute atomic E-state index is 6.43. The summed E-state index contributed by atoms with van der Waals surface area (Å²) in [5.74, 6) is 1.55. The van der Waals surface area contributed by atoms with Gasteiger partial charge in [-0.1, -0.05) is 84.5 Å². The van der Waals surface area contributed by atoms with Crippen molar-refractivity contribution in [2.75, 3.05) is 0 Å². The van der Waals surface area contributed by atoms with E-state index in [4.69, 9.17) is 15.7 Å². The maximum Gasteiger partial charge on any atom is 0.133 e. The van der Waals surface area contributed by atoms with Gasteiger partial charge in [0.1, 0.15) is 11.7 Å². The molecule has 0 bridgehead atoms. The Hall–Kier alpha value is -3.20. The Bertz CT molecular complexity index is 1040. The molecule has 0 spiro atoms. The van der Waals surface area contributed by atoms with Crippen molar-refractivity contribution < 1.29 is 0 Å². The number of rotatable bonds is 5. The van der Waals surface area contributed by atoms with Crippen molar-refractivity contribution in [3.05, 3.63) is 107 Å². The molecule has 158 valence electrons. The summed E-state index contributed by atoms with van der Waals surface area (Å²) in [6.45, 7) is 2.71. The summed E-state index contributed by atoms with van der Waals surface area (Å²) in [5.41, 5.74) is 12.8. The number of hydrogen-bond acceptors (Lipinski definition) is 1. The van der Waals surface area contributed by atoms with Crippen LogP contribution in [0, 0.1) is 12.8 Å². The SMILES string of the molecule is Cc1ccc(CN=C(N=C(N)C2=CC=CCC2)C2C=CC=C(C3=CC=CCC3)C2)cc1. The molecule has 4 rings (SSSR count). The molecular formula is C28H31N3. The van der Waals surface area contributed by atoms with Crippen molar-refractivity contribution in [3.8, 4) is 0 Å². The minimum Gasteiger partial charge on any atom is -0.383 e. The highest BCUT2D eigenvalue weighted by molar-refractivity contribution is 6.06. The van der Waals surface area contributed by atoms with E-state index in [-0.39, 0.29) is 5.92 Å². The summed E-state index contributed by atoms with van der Waals surface area (Å²) < 4.78 is 0. The Morgan fingerprint density at radius 1 is 0.935 bits per heavy atom. The fourth-order valence-corrected chi connectivity index (χ4v) is 4.08. The first-order valence-electron chi connectivity index (χ1n) is 11.2. The number of benzene rings is 1. The van der Waals surface area contributed by atoms with Crippen molar-refractivity contribution in [2.45, 2.75) is 45.6 Å². The Morgan fingerprint density at radius 3 is 2.39 bits per heavy atom. The van der Waals surface area contributed by atoms with E-state index in [1.54, 1.807) is 0 Å². The third-order valence-electron chi connectivity index (χ3n) is 5.96. The summed E-state index contributed by atoms with van der Waals surface area (Å²) in [5, 5.41) is 0. The summed E-state index contributed by atoms with van der Waals surface area (Å²) >= 11 is 0. The summed E-state index contributed by atoms with van der Waals surface area (Å²) in [7, 11) is 0. The van der Waals surface area contributed by atoms with E-state index >= 15 is 0 Å². The Labute approximate surface area is 185 Å². The molecule has 31 heavy (non-hydrogen) atoms. The molecule has 2 N–H and O–H groups in total. The van der Waals surface area contributed by atoms with Gasteiger partial charge in [-0.15, -0.1) is 0 Å². The van der Waals surface area contributed by atoms with Crippen LogP contribution in [0.2, 0.25) is 0 Å². The van der Waals surface area contributed by atoms with Crippen LogP contribution in [0.3, 0.4) is 0 Å². The quantitative estimate of drug-likeness (QED) is 0.450. The van der Waals surface area contributed by atoms with Crippen LogP contribution in [0.15, 0.2) is 106 Å². The zero-order chi connectivity index (χ0) is 21.5. The van der Waals surface area contributed by atoms with E-state index in [1.165, 1.54) is 22.3 Å². The molecule has 3 aliphatic carbocycles. The van der Waals surface area contributed by atoms with Crippen molar-refractivity contribution in [3.63, 3.8) is 0 Å². The fraction of sp³-hybridized carbons (Fsp3) is 0.286. The number of allylic oxidation sites excluding steroid dienone is 10. The standard InChI is InChI=1S/C28H31N3/c1-21-15-17-22(18-16-21)20-30-28(31-27(29)24-11-6-3-7-12-24)26-14-8-13-25(19-26)23-9-4-2-5-10-23/h2-4,6,8-9,11,13-18,26H,5,7,10,12,19-20H2,1H3,(H2,29,30,31). The molecule has 1 unspecified atom stereocenters. The highest BCUT2D eigenvalue weighted by atomic mass is 15.0. The normalized spacial score (nSPS) is 21.6. The second kappa shape index (κ2) is 10.2. The van der Waals surface area contributed by atoms with Crippen LogP contribution in [0.4, 0.5) is 0 Å². The van der Waals surface area contributed by atoms with E-state index in [1.807, 2.05) is 0 Å². The van der Waals surface area contributed by atoms with E-state index < -0.39 is 0 Å². The van der Waals surface area contributed by atoms with Gasteiger partial charge in [0, 0.05) is 5.92 Å². The van der Waals surface area contributed by atoms with E-state index in [9.17, 15) is 0 Å². The number of nitrogens with two attached hydrogens (primary N) is 1. The molecule has 0 fully saturated rings. The van der Waals surface area contributed by atoms with Gasteiger partial charge in [-0.3, -0.25) is 4.99 Å². The number of nitrogens with zero attached hydrogens (tertiary/aromatic N) is 2. The van der Waals surface area contributed by atoms with Crippen LogP contribution in [0.1, 0.15) is 43.2 Å². The average molecular weight is 410 g/mol. The Kier molecular flexibility index (Phi) is 6.93. The molecule has 1 aromatic rings. The van der Waals surface area contributed by atoms with Gasteiger partial charge in [-0.25, -0.2) is 4.99 Å². The number of amidine groups is 2. The zero-order valence-corrected chi connectivity index (χ0v) is 18.3. The van der Waals surface area contributed by atoms with Crippen molar-refractivity contribution >= 4 is 11.7 Å². The monoisotopic (exact) mass is 409 g/mol. The number of aliphatic imine (C=N–C) groups is 2. The number of aryl methyl sites for hydroxylation is 1. The second-order valence-electron chi connectivity index (χ2n) is 8.36. The molecule has 1 aromatic carbocycles. The lowest BCUT2D eigenvalue weighted by molar-refractivity contribution is 0.794. The average Bonchev–Trinajstić information content (AvgIpc) is 2.84. The molecule has 0 heterocycles. The third kappa shape index (κ3) is 5.69. The largest absolute Gasteiger partial charge is 0.383 e. The molecule has 1 atom stereocenters. The predicted octanol–water partition coefficient (Wildman–Crippen LogP) is 6.31. The van der Waals surface area contributed by atoms with Crippen LogP contribution in [0.5, 0.6) is 0 Å². The second-order valence-corrected chi connectivity index (χ2v) is 8.36. The van der Waals surface area contributed by atoms with E-state index in [0.717, 1.165) is 43.5 Å². The van der Waals surface area contributed by atoms with Crippen LogP contribution in [-0.2, 0) is 6.54 Å². The smallest absolute Gasteiger partial charge is 0.133 e. The minimum absolute atomic E-state index is 0.135. The lowest BCUT2D eigenvalue weighted by Crippen LogP contribution is -2.22. The van der Waals surface area contributed by atoms with Gasteiger partial charge in [-0.2, -0.15) is 0 Å². The molecule has 0 amide bonds. The topological polar surface area (TPSA) is 50.7 Å². The first-order chi connectivity index (χ1) is 15.2. The summed E-state index contributed by atoms with van der Waals surface area (Å²) in [6, 6.07) is 8.54. The van der Waals surface area contributed by atoms with Crippen molar-refractivity contribution in [2.24, 2.45) is 21.6 Å². The molecule has 0 saturated carbocycles. The molecular weight excluding hydrogens is 378 g/mol. The van der Waals surface area contributed by atoms with Gasteiger partial charge in [0.15, 0.2) is 0 Å². The van der Waals surface area contributed by atoms with Crippen molar-refractivity contribution in [1.29, 1.82) is 0 Å². The summed E-state index contributed by atoms with van der Waals surface area (Å²) in [6.07, 6.45) is 24.6. The van der Waals surface area contributed by atoms with E-state index in [0.29, 0.717) is 12.4 Å². The lowest BCUT2D eigenvalue weighted by atomic mass is 9.86. The molecule has 3 aliphatic rings. The molecule has 0 aliphatic heterocycles. The first-order valence-corrected chi connectivity index (χ1v) is 11.2. The molecule has 0 saturated heterocycles. The van der Waals surface area contributed by atoms with Gasteiger partial charge < -0.3 is 5.73 Å². The minimum atomic E-state index is 0.135. The van der Waals surface area contributed by atoms with Gasteiger partial charge in [0.2, 0.25) is 0 Å². The van der Waals surface area contributed by atoms with Crippen LogP contribution in [-0.4, -0.2) is 11.7 Å². The maximum atomic E-state index is 6.43. The highest BCUT2D eigenvalue weighted by Gasteiger charge is 2.20. The van der Waals surface area contributed by atoms with Crippen LogP contribution < -0.4 is 5.73 Å².